The van der Waals surface area contributed by atoms with Crippen LogP contribution in [0.1, 0.15) is 28.2 Å². The second-order valence-electron chi connectivity index (χ2n) is 7.11. The van der Waals surface area contributed by atoms with Crippen molar-refractivity contribution in [3.8, 4) is 5.75 Å². The zero-order valence-electron chi connectivity index (χ0n) is 16.9. The van der Waals surface area contributed by atoms with Crippen LogP contribution in [-0.2, 0) is 13.1 Å². The topological polar surface area (TPSA) is 69.0 Å². The number of fused-ring (bicyclic) bond motifs is 1. The molecule has 0 aliphatic heterocycles. The van der Waals surface area contributed by atoms with Gasteiger partial charge >= 0.3 is 0 Å². The minimum absolute atomic E-state index is 0.163. The van der Waals surface area contributed by atoms with Gasteiger partial charge in [0, 0.05) is 18.9 Å². The Morgan fingerprint density at radius 2 is 2.00 bits per heavy atom. The summed E-state index contributed by atoms with van der Waals surface area (Å²) in [6, 6.07) is 19.6. The Morgan fingerprint density at radius 3 is 2.83 bits per heavy atom. The number of benzene rings is 2. The molecule has 0 spiro atoms. The van der Waals surface area contributed by atoms with Crippen molar-refractivity contribution in [2.45, 2.75) is 26.4 Å². The molecule has 0 radical (unpaired) electrons. The van der Waals surface area contributed by atoms with E-state index in [0.717, 1.165) is 35.6 Å². The minimum Gasteiger partial charge on any atom is -0.494 e. The Bertz CT molecular complexity index is 1140. The number of nitrogens with zero attached hydrogens (tertiary/aromatic N) is 3. The summed E-state index contributed by atoms with van der Waals surface area (Å²) >= 11 is 0. The lowest BCUT2D eigenvalue weighted by Crippen LogP contribution is -2.25. The van der Waals surface area contributed by atoms with Gasteiger partial charge in [0.05, 0.1) is 29.7 Å². The average Bonchev–Trinajstić information content (AvgIpc) is 3.13. The van der Waals surface area contributed by atoms with Crippen LogP contribution in [-0.4, -0.2) is 27.0 Å². The zero-order valence-corrected chi connectivity index (χ0v) is 16.9. The van der Waals surface area contributed by atoms with E-state index in [2.05, 4.69) is 33.9 Å². The van der Waals surface area contributed by atoms with Crippen molar-refractivity contribution in [3.05, 3.63) is 90.0 Å². The van der Waals surface area contributed by atoms with Crippen LogP contribution in [0.15, 0.2) is 73.1 Å². The molecular weight excluding hydrogens is 376 g/mol. The maximum Gasteiger partial charge on any atom is 0.253 e. The molecule has 1 N–H and O–H groups in total. The molecule has 0 unspecified atom stereocenters. The molecule has 0 fully saturated rings. The van der Waals surface area contributed by atoms with Crippen molar-refractivity contribution < 1.29 is 9.53 Å². The number of nitrogens with one attached hydrogen (secondary N) is 1. The van der Waals surface area contributed by atoms with Crippen molar-refractivity contribution in [1.29, 1.82) is 0 Å². The van der Waals surface area contributed by atoms with Crippen molar-refractivity contribution in [3.63, 3.8) is 0 Å². The molecule has 2 aromatic carbocycles. The molecule has 0 saturated heterocycles. The second kappa shape index (κ2) is 9.22. The number of ether oxygens (including phenoxy) is 1. The largest absolute Gasteiger partial charge is 0.494 e. The number of carbonyl (C=O) groups is 1. The fourth-order valence-electron chi connectivity index (χ4n) is 3.39. The Morgan fingerprint density at radius 1 is 1.10 bits per heavy atom. The summed E-state index contributed by atoms with van der Waals surface area (Å²) < 4.78 is 8.03. The summed E-state index contributed by atoms with van der Waals surface area (Å²) in [7, 11) is 0. The van der Waals surface area contributed by atoms with Crippen LogP contribution in [0, 0.1) is 6.92 Å². The second-order valence-corrected chi connectivity index (χ2v) is 7.11. The lowest BCUT2D eigenvalue weighted by molar-refractivity contribution is 0.0949. The van der Waals surface area contributed by atoms with Gasteiger partial charge in [0.15, 0.2) is 0 Å². The van der Waals surface area contributed by atoms with E-state index >= 15 is 0 Å². The van der Waals surface area contributed by atoms with E-state index in [0.29, 0.717) is 18.7 Å². The van der Waals surface area contributed by atoms with Gasteiger partial charge < -0.3 is 14.6 Å². The van der Waals surface area contributed by atoms with Crippen LogP contribution in [0.3, 0.4) is 0 Å². The molecule has 2 heterocycles. The highest BCUT2D eigenvalue weighted by atomic mass is 16.5. The van der Waals surface area contributed by atoms with Gasteiger partial charge in [-0.1, -0.05) is 24.3 Å². The first-order chi connectivity index (χ1) is 14.7. The number of aryl methyl sites for hydroxylation is 2. The van der Waals surface area contributed by atoms with E-state index in [9.17, 15) is 4.79 Å². The van der Waals surface area contributed by atoms with Gasteiger partial charge in [-0.15, -0.1) is 0 Å². The number of imidazole rings is 1. The molecule has 4 aromatic rings. The van der Waals surface area contributed by atoms with Crippen LogP contribution < -0.4 is 10.1 Å². The minimum atomic E-state index is -0.163. The first kappa shape index (κ1) is 19.6. The Balaban J connectivity index is 1.43. The summed E-state index contributed by atoms with van der Waals surface area (Å²) in [5.74, 6) is 1.54. The van der Waals surface area contributed by atoms with E-state index < -0.39 is 0 Å². The van der Waals surface area contributed by atoms with E-state index in [1.165, 1.54) is 5.56 Å². The van der Waals surface area contributed by atoms with E-state index in [1.54, 1.807) is 24.5 Å². The van der Waals surface area contributed by atoms with Gasteiger partial charge in [-0.3, -0.25) is 9.78 Å². The van der Waals surface area contributed by atoms with Gasteiger partial charge in [0.2, 0.25) is 0 Å². The lowest BCUT2D eigenvalue weighted by Gasteiger charge is -2.11. The predicted octanol–water partition coefficient (Wildman–Crippen LogP) is 4.14. The average molecular weight is 400 g/mol. The molecule has 6 nitrogen and oxygen atoms in total. The highest BCUT2D eigenvalue weighted by Crippen LogP contribution is 2.17. The third kappa shape index (κ3) is 4.66. The molecule has 0 aliphatic rings. The summed E-state index contributed by atoms with van der Waals surface area (Å²) in [5, 5.41) is 2.95. The van der Waals surface area contributed by atoms with Gasteiger partial charge in [-0.05, 0) is 55.3 Å². The molecule has 1 amide bonds. The number of rotatable bonds is 8. The number of carbonyl (C=O) groups excluding carboxylic acids is 1. The van der Waals surface area contributed by atoms with E-state index in [4.69, 9.17) is 9.72 Å². The summed E-state index contributed by atoms with van der Waals surface area (Å²) in [6.45, 7) is 3.76. The van der Waals surface area contributed by atoms with Crippen LogP contribution >= 0.6 is 0 Å². The molecule has 30 heavy (non-hydrogen) atoms. The highest BCUT2D eigenvalue weighted by Gasteiger charge is 2.12. The summed E-state index contributed by atoms with van der Waals surface area (Å²) in [5.41, 5.74) is 3.69. The number of hydrogen-bond acceptors (Lipinski definition) is 4. The molecule has 0 aliphatic carbocycles. The summed E-state index contributed by atoms with van der Waals surface area (Å²) in [4.78, 5) is 21.1. The highest BCUT2D eigenvalue weighted by molar-refractivity contribution is 5.93. The summed E-state index contributed by atoms with van der Waals surface area (Å²) in [6.07, 6.45) is 4.04. The van der Waals surface area contributed by atoms with Crippen LogP contribution in [0.5, 0.6) is 5.75 Å². The van der Waals surface area contributed by atoms with Gasteiger partial charge in [-0.25, -0.2) is 4.98 Å². The third-order valence-corrected chi connectivity index (χ3v) is 4.85. The van der Waals surface area contributed by atoms with Crippen LogP contribution in [0.25, 0.3) is 11.0 Å². The maximum atomic E-state index is 12.4. The molecule has 0 atom stereocenters. The molecule has 2 aromatic heterocycles. The monoisotopic (exact) mass is 400 g/mol. The van der Waals surface area contributed by atoms with Gasteiger partial charge in [0.25, 0.3) is 5.91 Å². The maximum absolute atomic E-state index is 12.4. The Kier molecular flexibility index (Phi) is 6.03. The normalized spacial score (nSPS) is 10.8. The number of para-hydroxylation sites is 2. The standard InChI is InChI=1S/C24H24N4O2/c1-18-7-4-9-20(15-18)30-14-6-13-28-22-11-3-2-10-21(22)27-23(28)17-26-24(29)19-8-5-12-25-16-19/h2-5,7-12,15-16H,6,13-14,17H2,1H3,(H,26,29). The van der Waals surface area contributed by atoms with Crippen LogP contribution in [0.4, 0.5) is 0 Å². The van der Waals surface area contributed by atoms with Crippen molar-refractivity contribution >= 4 is 16.9 Å². The molecule has 0 bridgehead atoms. The third-order valence-electron chi connectivity index (χ3n) is 4.85. The SMILES string of the molecule is Cc1cccc(OCCCn2c(CNC(=O)c3cccnc3)nc3ccccc32)c1. The van der Waals surface area contributed by atoms with Crippen molar-refractivity contribution in [1.82, 2.24) is 19.9 Å². The fraction of sp³-hybridized carbons (Fsp3) is 0.208. The smallest absolute Gasteiger partial charge is 0.253 e. The molecular formula is C24H24N4O2. The van der Waals surface area contributed by atoms with Crippen molar-refractivity contribution in [2.75, 3.05) is 6.61 Å². The quantitative estimate of drug-likeness (QED) is 0.451. The molecule has 0 saturated carbocycles. The number of pyridine rings is 1. The van der Waals surface area contributed by atoms with E-state index in [1.807, 2.05) is 36.4 Å². The van der Waals surface area contributed by atoms with Crippen molar-refractivity contribution in [2.24, 2.45) is 0 Å². The number of hydrogen-bond donors (Lipinski definition) is 1. The molecule has 4 rings (SSSR count). The molecule has 6 heteroatoms. The van der Waals surface area contributed by atoms with E-state index in [-0.39, 0.29) is 5.91 Å². The first-order valence-corrected chi connectivity index (χ1v) is 10.0. The predicted molar refractivity (Wildman–Crippen MR) is 116 cm³/mol. The first-order valence-electron chi connectivity index (χ1n) is 10.0. The van der Waals surface area contributed by atoms with Crippen LogP contribution in [0.2, 0.25) is 0 Å². The number of aromatic nitrogens is 3. The Hall–Kier alpha value is -3.67. The molecule has 152 valence electrons. The van der Waals surface area contributed by atoms with Gasteiger partial charge in [-0.2, -0.15) is 0 Å². The number of amides is 1. The fourth-order valence-corrected chi connectivity index (χ4v) is 3.39. The zero-order chi connectivity index (χ0) is 20.8. The Labute approximate surface area is 175 Å². The van der Waals surface area contributed by atoms with Gasteiger partial charge in [0.1, 0.15) is 11.6 Å². The lowest BCUT2D eigenvalue weighted by atomic mass is 10.2.